The Morgan fingerprint density at radius 1 is 1.27 bits per heavy atom. The van der Waals surface area contributed by atoms with Crippen LogP contribution in [-0.4, -0.2) is 42.2 Å². The average Bonchev–Trinajstić information content (AvgIpc) is 3.48. The zero-order chi connectivity index (χ0) is 20.5. The number of hydrogen-bond acceptors (Lipinski definition) is 6. The summed E-state index contributed by atoms with van der Waals surface area (Å²) in [6.07, 6.45) is 1.76. The van der Waals surface area contributed by atoms with Gasteiger partial charge in [-0.3, -0.25) is 4.79 Å². The molecule has 6 nitrogen and oxygen atoms in total. The minimum atomic E-state index is -0.327. The molecule has 2 aromatic carbocycles. The van der Waals surface area contributed by atoms with E-state index < -0.39 is 0 Å². The summed E-state index contributed by atoms with van der Waals surface area (Å²) >= 11 is 1.57. The van der Waals surface area contributed by atoms with Crippen LogP contribution < -0.4 is 10.1 Å². The molecule has 0 aliphatic carbocycles. The van der Waals surface area contributed by atoms with Gasteiger partial charge in [-0.25, -0.2) is 4.98 Å². The molecule has 1 amide bonds. The van der Waals surface area contributed by atoms with Crippen molar-refractivity contribution >= 4 is 22.9 Å². The van der Waals surface area contributed by atoms with Crippen LogP contribution in [0.5, 0.6) is 5.75 Å². The molecular weight excluding hydrogens is 398 g/mol. The molecule has 0 radical (unpaired) electrons. The molecule has 1 N–H and O–H groups in total. The van der Waals surface area contributed by atoms with E-state index >= 15 is 0 Å². The molecule has 0 unspecified atom stereocenters. The van der Waals surface area contributed by atoms with Crippen LogP contribution >= 0.6 is 11.3 Å². The molecule has 2 atom stereocenters. The summed E-state index contributed by atoms with van der Waals surface area (Å²) in [7, 11) is 1.66. The maximum atomic E-state index is 13.3. The normalized spacial score (nSPS) is 20.7. The number of rotatable bonds is 5. The zero-order valence-electron chi connectivity index (χ0n) is 16.7. The highest BCUT2D eigenvalue weighted by Crippen LogP contribution is 2.36. The Labute approximate surface area is 179 Å². The standard InChI is InChI=1S/C23H23N3O3S/c1-28-16-7-4-6-15(12-16)22-25-20(14-30-22)21-24-19-10-3-2-9-18(19)23(27)26(21)13-17-8-5-11-29-17/h2-4,6-7,9-10,12,14,17,21,24H,5,8,11,13H2,1H3/t17-,21+/m1/s1. The van der Waals surface area contributed by atoms with E-state index in [0.717, 1.165) is 47.2 Å². The summed E-state index contributed by atoms with van der Waals surface area (Å²) in [4.78, 5) is 20.1. The van der Waals surface area contributed by atoms with E-state index in [1.807, 2.05) is 58.8 Å². The van der Waals surface area contributed by atoms with Crippen LogP contribution in [0.3, 0.4) is 0 Å². The number of nitrogens with one attached hydrogen (secondary N) is 1. The summed E-state index contributed by atoms with van der Waals surface area (Å²) in [5.41, 5.74) is 3.36. The van der Waals surface area contributed by atoms with Crippen LogP contribution in [0.1, 0.15) is 35.1 Å². The molecule has 3 aromatic rings. The molecule has 30 heavy (non-hydrogen) atoms. The van der Waals surface area contributed by atoms with Gasteiger partial charge in [-0.05, 0) is 37.1 Å². The molecule has 2 aliphatic rings. The first kappa shape index (κ1) is 19.1. The Morgan fingerprint density at radius 3 is 3.00 bits per heavy atom. The van der Waals surface area contributed by atoms with Gasteiger partial charge in [-0.1, -0.05) is 24.3 Å². The average molecular weight is 422 g/mol. The van der Waals surface area contributed by atoms with Crippen molar-refractivity contribution in [3.8, 4) is 16.3 Å². The lowest BCUT2D eigenvalue weighted by atomic mass is 10.1. The van der Waals surface area contributed by atoms with E-state index in [1.54, 1.807) is 18.4 Å². The first-order valence-electron chi connectivity index (χ1n) is 10.1. The molecule has 1 fully saturated rings. The van der Waals surface area contributed by atoms with Gasteiger partial charge in [-0.15, -0.1) is 11.3 Å². The van der Waals surface area contributed by atoms with Crippen molar-refractivity contribution in [3.63, 3.8) is 0 Å². The molecule has 0 saturated carbocycles. The molecule has 5 rings (SSSR count). The number of anilines is 1. The molecule has 1 aromatic heterocycles. The number of carbonyl (C=O) groups excluding carboxylic acids is 1. The lowest BCUT2D eigenvalue weighted by molar-refractivity contribution is 0.0423. The Morgan fingerprint density at radius 2 is 2.17 bits per heavy atom. The lowest BCUT2D eigenvalue weighted by Gasteiger charge is -2.38. The fourth-order valence-electron chi connectivity index (χ4n) is 4.02. The number of amides is 1. The van der Waals surface area contributed by atoms with E-state index in [2.05, 4.69) is 5.32 Å². The van der Waals surface area contributed by atoms with Crippen molar-refractivity contribution in [2.24, 2.45) is 0 Å². The van der Waals surface area contributed by atoms with Crippen molar-refractivity contribution in [2.75, 3.05) is 25.6 Å². The minimum absolute atomic E-state index is 0.0146. The lowest BCUT2D eigenvalue weighted by Crippen LogP contribution is -2.46. The molecule has 0 bridgehead atoms. The summed E-state index contributed by atoms with van der Waals surface area (Å²) in [5.74, 6) is 0.810. The molecular formula is C23H23N3O3S. The Kier molecular flexibility index (Phi) is 5.14. The molecule has 2 aliphatic heterocycles. The predicted molar refractivity (Wildman–Crippen MR) is 117 cm³/mol. The number of para-hydroxylation sites is 1. The van der Waals surface area contributed by atoms with Crippen LogP contribution in [0.2, 0.25) is 0 Å². The molecule has 7 heteroatoms. The SMILES string of the molecule is COc1cccc(-c2nc([C@H]3Nc4ccccc4C(=O)N3C[C@H]3CCCO3)cs2)c1. The first-order valence-corrected chi connectivity index (χ1v) is 11.0. The number of ether oxygens (including phenoxy) is 2. The van der Waals surface area contributed by atoms with Crippen molar-refractivity contribution in [1.82, 2.24) is 9.88 Å². The van der Waals surface area contributed by atoms with Gasteiger partial charge in [0.05, 0.1) is 24.5 Å². The minimum Gasteiger partial charge on any atom is -0.497 e. The van der Waals surface area contributed by atoms with Gasteiger partial charge in [0.1, 0.15) is 16.9 Å². The van der Waals surface area contributed by atoms with Crippen molar-refractivity contribution in [2.45, 2.75) is 25.1 Å². The van der Waals surface area contributed by atoms with Crippen molar-refractivity contribution < 1.29 is 14.3 Å². The van der Waals surface area contributed by atoms with Gasteiger partial charge in [0.25, 0.3) is 5.91 Å². The zero-order valence-corrected chi connectivity index (χ0v) is 17.5. The van der Waals surface area contributed by atoms with Crippen molar-refractivity contribution in [1.29, 1.82) is 0 Å². The molecule has 0 spiro atoms. The summed E-state index contributed by atoms with van der Waals surface area (Å²) in [6, 6.07) is 15.5. The highest BCUT2D eigenvalue weighted by atomic mass is 32.1. The summed E-state index contributed by atoms with van der Waals surface area (Å²) in [6.45, 7) is 1.31. The number of benzene rings is 2. The van der Waals surface area contributed by atoms with Gasteiger partial charge in [0.2, 0.25) is 0 Å². The number of thiazole rings is 1. The second-order valence-corrected chi connectivity index (χ2v) is 8.35. The molecule has 1 saturated heterocycles. The van der Waals surface area contributed by atoms with E-state index in [1.165, 1.54) is 0 Å². The second kappa shape index (κ2) is 8.08. The first-order chi connectivity index (χ1) is 14.7. The van der Waals surface area contributed by atoms with Gasteiger partial charge >= 0.3 is 0 Å². The highest BCUT2D eigenvalue weighted by Gasteiger charge is 2.36. The summed E-state index contributed by atoms with van der Waals surface area (Å²) in [5, 5.41) is 6.45. The number of methoxy groups -OCH3 is 1. The maximum absolute atomic E-state index is 13.3. The number of fused-ring (bicyclic) bond motifs is 1. The van der Waals surface area contributed by atoms with Gasteiger partial charge in [-0.2, -0.15) is 0 Å². The fourth-order valence-corrected chi connectivity index (χ4v) is 4.86. The second-order valence-electron chi connectivity index (χ2n) is 7.49. The third-order valence-electron chi connectivity index (χ3n) is 5.57. The van der Waals surface area contributed by atoms with Crippen LogP contribution in [-0.2, 0) is 4.74 Å². The van der Waals surface area contributed by atoms with E-state index in [9.17, 15) is 4.79 Å². The quantitative estimate of drug-likeness (QED) is 0.654. The third-order valence-corrected chi connectivity index (χ3v) is 6.47. The number of aromatic nitrogens is 1. The monoisotopic (exact) mass is 421 g/mol. The Hall–Kier alpha value is -2.90. The predicted octanol–water partition coefficient (Wildman–Crippen LogP) is 4.56. The van der Waals surface area contributed by atoms with Crippen LogP contribution in [0.25, 0.3) is 10.6 Å². The van der Waals surface area contributed by atoms with Crippen molar-refractivity contribution in [3.05, 3.63) is 65.2 Å². The molecule has 154 valence electrons. The Balaban J connectivity index is 1.49. The molecule has 3 heterocycles. The largest absolute Gasteiger partial charge is 0.497 e. The highest BCUT2D eigenvalue weighted by molar-refractivity contribution is 7.13. The van der Waals surface area contributed by atoms with E-state index in [4.69, 9.17) is 14.5 Å². The van der Waals surface area contributed by atoms with Crippen LogP contribution in [0.4, 0.5) is 5.69 Å². The van der Waals surface area contributed by atoms with Crippen LogP contribution in [0.15, 0.2) is 53.9 Å². The van der Waals surface area contributed by atoms with E-state index in [0.29, 0.717) is 12.1 Å². The number of nitrogens with zero attached hydrogens (tertiary/aromatic N) is 2. The van der Waals surface area contributed by atoms with Gasteiger partial charge in [0, 0.05) is 29.8 Å². The number of carbonyl (C=O) groups is 1. The smallest absolute Gasteiger partial charge is 0.257 e. The van der Waals surface area contributed by atoms with Gasteiger partial charge in [0.15, 0.2) is 0 Å². The maximum Gasteiger partial charge on any atom is 0.257 e. The van der Waals surface area contributed by atoms with Crippen LogP contribution in [0, 0.1) is 0 Å². The fraction of sp³-hybridized carbons (Fsp3) is 0.304. The topological polar surface area (TPSA) is 63.7 Å². The van der Waals surface area contributed by atoms with Gasteiger partial charge < -0.3 is 19.7 Å². The van der Waals surface area contributed by atoms with E-state index in [-0.39, 0.29) is 18.2 Å². The summed E-state index contributed by atoms with van der Waals surface area (Å²) < 4.78 is 11.2. The number of hydrogen-bond donors (Lipinski definition) is 1. The third kappa shape index (κ3) is 3.55. The Bertz CT molecular complexity index is 1060.